The van der Waals surface area contributed by atoms with Crippen molar-refractivity contribution in [2.75, 3.05) is 59.7 Å². The van der Waals surface area contributed by atoms with Crippen molar-refractivity contribution < 1.29 is 29.2 Å². The van der Waals surface area contributed by atoms with Gasteiger partial charge in [-0.3, -0.25) is 9.80 Å². The Morgan fingerprint density at radius 3 is 2.46 bits per heavy atom. The van der Waals surface area contributed by atoms with Gasteiger partial charge >= 0.3 is 0 Å². The minimum atomic E-state index is -0.909. The molecule has 3 aromatic carbocycles. The highest BCUT2D eigenvalue weighted by Crippen LogP contribution is 2.78. The molecule has 10 nitrogen and oxygen atoms in total. The molecule has 5 aliphatic carbocycles. The van der Waals surface area contributed by atoms with Gasteiger partial charge in [0.25, 0.3) is 0 Å². The molecule has 59 heavy (non-hydrogen) atoms. The Hall–Kier alpha value is -3.67. The van der Waals surface area contributed by atoms with Gasteiger partial charge in [0, 0.05) is 73.4 Å². The van der Waals surface area contributed by atoms with E-state index in [9.17, 15) is 10.2 Å². The normalized spacial score (nSPS) is 31.9. The summed E-state index contributed by atoms with van der Waals surface area (Å²) in [6.45, 7) is 18.0. The third-order valence-electron chi connectivity index (χ3n) is 16.5. The fourth-order valence-corrected chi connectivity index (χ4v) is 12.8. The number of aryl methyl sites for hydroxylation is 1. The average molecular weight is 805 g/mol. The first kappa shape index (κ1) is 39.5. The van der Waals surface area contributed by atoms with Gasteiger partial charge in [-0.2, -0.15) is 0 Å². The third-order valence-corrected chi connectivity index (χ3v) is 16.5. The number of aromatic nitrogens is 2. The van der Waals surface area contributed by atoms with Crippen LogP contribution >= 0.6 is 0 Å². The van der Waals surface area contributed by atoms with Crippen molar-refractivity contribution >= 4 is 10.8 Å². The lowest BCUT2D eigenvalue weighted by atomic mass is 9.33. The van der Waals surface area contributed by atoms with E-state index in [1.165, 1.54) is 41.3 Å². The number of nitrogens with zero attached hydrogens (tertiary/aromatic N) is 4. The molecule has 7 atom stereocenters. The first-order valence-electron chi connectivity index (χ1n) is 22.3. The minimum absolute atomic E-state index is 0.0294. The molecule has 4 bridgehead atoms. The highest BCUT2D eigenvalue weighted by molar-refractivity contribution is 5.84. The molecule has 4 aromatic rings. The topological polar surface area (TPSA) is 102 Å². The molecule has 12 rings (SSSR count). The van der Waals surface area contributed by atoms with Crippen LogP contribution < -0.4 is 9.47 Å². The maximum Gasteiger partial charge on any atom is 0.233 e. The van der Waals surface area contributed by atoms with Crippen molar-refractivity contribution in [2.24, 2.45) is 22.7 Å². The third kappa shape index (κ3) is 6.01. The number of phenolic OH excluding ortho intramolecular Hbond substituents is 1. The Kier molecular flexibility index (Phi) is 9.50. The number of aliphatic hydroxyl groups is 1. The number of ether oxygens (including phenoxy) is 4. The van der Waals surface area contributed by atoms with Gasteiger partial charge in [-0.15, -0.1) is 5.10 Å². The van der Waals surface area contributed by atoms with E-state index in [1.807, 2.05) is 30.8 Å². The van der Waals surface area contributed by atoms with E-state index in [2.05, 4.69) is 91.1 Å². The van der Waals surface area contributed by atoms with Crippen molar-refractivity contribution in [3.05, 3.63) is 77.5 Å². The second-order valence-corrected chi connectivity index (χ2v) is 20.2. The molecule has 316 valence electrons. The maximum atomic E-state index is 12.2. The molecule has 8 aliphatic rings. The Bertz CT molecular complexity index is 2220. The lowest BCUT2D eigenvalue weighted by molar-refractivity contribution is -0.312. The standard InChI is InChI=1S/C29H41NO4.C20H23N3O2/c1-25(2,3)26(4,32)20-15-27-10-11-29(20,33-5)24-28(27)12-13-30(16-17-6-7-17)21(27)14-18-8-9-19(31)23(34-24)22(18)28;1-16-14-20(25-13-10-22-8-11-24-12-9-22)21-23(16)19-7-6-17-4-2-3-5-18(17)15-19/h8-9,17,20-21,24,31-32H,6-7,10-16H2,1-5H3;2-7,14-15H,8-13H2,1H3/t20-,21-,24-,26+,27-,28+,29-;/m1./s1. The van der Waals surface area contributed by atoms with Crippen LogP contribution in [0.2, 0.25) is 0 Å². The van der Waals surface area contributed by atoms with Crippen molar-refractivity contribution in [1.82, 2.24) is 19.6 Å². The highest BCUT2D eigenvalue weighted by atomic mass is 16.6. The SMILES string of the molecule is CO[C@]12CC[C@@]3(C[C@@H]1[C@](C)(O)C(C)(C)C)[C@H]1Cc4ccc(O)c5c4[C@@]3(CCN1CC1CC1)[C@H]2O5.Cc1cc(OCCN2CCOCC2)nn1-c1ccc2ccccc2c1. The van der Waals surface area contributed by atoms with Gasteiger partial charge in [-0.1, -0.05) is 57.2 Å². The Morgan fingerprint density at radius 1 is 0.932 bits per heavy atom. The van der Waals surface area contributed by atoms with Crippen LogP contribution in [0.3, 0.4) is 0 Å². The maximum absolute atomic E-state index is 12.2. The van der Waals surface area contributed by atoms with E-state index >= 15 is 0 Å². The van der Waals surface area contributed by atoms with Gasteiger partial charge in [-0.05, 0) is 111 Å². The van der Waals surface area contributed by atoms with Gasteiger partial charge in [-0.25, -0.2) is 4.68 Å². The first-order chi connectivity index (χ1) is 28.3. The van der Waals surface area contributed by atoms with Crippen LogP contribution in [0, 0.1) is 29.6 Å². The van der Waals surface area contributed by atoms with E-state index in [0.29, 0.717) is 24.3 Å². The van der Waals surface area contributed by atoms with Crippen LogP contribution in [-0.4, -0.2) is 113 Å². The monoisotopic (exact) mass is 804 g/mol. The Labute approximate surface area is 349 Å². The molecule has 0 amide bonds. The van der Waals surface area contributed by atoms with E-state index in [4.69, 9.17) is 18.9 Å². The highest BCUT2D eigenvalue weighted by Gasteiger charge is 2.82. The molecule has 2 spiro atoms. The molecule has 2 N–H and O–H groups in total. The number of likely N-dealkylation sites (tertiary alicyclic amines) is 1. The van der Waals surface area contributed by atoms with Crippen LogP contribution in [-0.2, 0) is 21.3 Å². The summed E-state index contributed by atoms with van der Waals surface area (Å²) in [6.07, 6.45) is 7.64. The number of hydrogen-bond donors (Lipinski definition) is 2. The van der Waals surface area contributed by atoms with Crippen molar-refractivity contribution in [2.45, 2.75) is 108 Å². The van der Waals surface area contributed by atoms with Crippen molar-refractivity contribution in [1.29, 1.82) is 0 Å². The molecule has 0 radical (unpaired) electrons. The summed E-state index contributed by atoms with van der Waals surface area (Å²) < 4.78 is 26.6. The fourth-order valence-electron chi connectivity index (χ4n) is 12.8. The summed E-state index contributed by atoms with van der Waals surface area (Å²) in [5.41, 5.74) is 2.90. The number of hydrogen-bond acceptors (Lipinski definition) is 9. The zero-order valence-corrected chi connectivity index (χ0v) is 36.0. The van der Waals surface area contributed by atoms with Gasteiger partial charge in [0.15, 0.2) is 11.5 Å². The predicted octanol–water partition coefficient (Wildman–Crippen LogP) is 7.46. The summed E-state index contributed by atoms with van der Waals surface area (Å²) in [6, 6.07) is 21.2. The molecule has 3 aliphatic heterocycles. The Morgan fingerprint density at radius 2 is 1.71 bits per heavy atom. The number of aromatic hydroxyl groups is 1. The van der Waals surface area contributed by atoms with Crippen LogP contribution in [0.5, 0.6) is 17.4 Å². The molecule has 0 unspecified atom stereocenters. The largest absolute Gasteiger partial charge is 0.504 e. The zero-order valence-electron chi connectivity index (χ0n) is 36.0. The van der Waals surface area contributed by atoms with Gasteiger partial charge < -0.3 is 29.2 Å². The average Bonchev–Trinajstić information content (AvgIpc) is 3.86. The molecule has 4 saturated carbocycles. The lowest BCUT2D eigenvalue weighted by Crippen LogP contribution is -2.83. The van der Waals surface area contributed by atoms with E-state index in [1.54, 1.807) is 0 Å². The van der Waals surface area contributed by atoms with Crippen LogP contribution in [0.15, 0.2) is 60.7 Å². The van der Waals surface area contributed by atoms with Gasteiger partial charge in [0.05, 0.1) is 24.5 Å². The quantitative estimate of drug-likeness (QED) is 0.179. The van der Waals surface area contributed by atoms with E-state index < -0.39 is 11.2 Å². The summed E-state index contributed by atoms with van der Waals surface area (Å²) in [5.74, 6) is 2.48. The molecule has 4 heterocycles. The summed E-state index contributed by atoms with van der Waals surface area (Å²) in [4.78, 5) is 5.18. The van der Waals surface area contributed by atoms with Crippen molar-refractivity contribution in [3.8, 4) is 23.1 Å². The predicted molar refractivity (Wildman–Crippen MR) is 229 cm³/mol. The van der Waals surface area contributed by atoms with E-state index in [-0.39, 0.29) is 34.0 Å². The first-order valence-corrected chi connectivity index (χ1v) is 22.3. The van der Waals surface area contributed by atoms with Crippen molar-refractivity contribution in [3.63, 3.8) is 0 Å². The number of rotatable bonds is 9. The zero-order chi connectivity index (χ0) is 41.0. The summed E-state index contributed by atoms with van der Waals surface area (Å²) in [7, 11) is 1.83. The smallest absolute Gasteiger partial charge is 0.233 e. The minimum Gasteiger partial charge on any atom is -0.504 e. The Balaban J connectivity index is 0.000000150. The summed E-state index contributed by atoms with van der Waals surface area (Å²) >= 11 is 0. The second kappa shape index (κ2) is 14.2. The van der Waals surface area contributed by atoms with Crippen LogP contribution in [0.25, 0.3) is 16.5 Å². The summed E-state index contributed by atoms with van der Waals surface area (Å²) in [5, 5.41) is 30.2. The molecule has 6 fully saturated rings. The molecular weight excluding hydrogens is 741 g/mol. The molecule has 10 heteroatoms. The number of fused-ring (bicyclic) bond motifs is 3. The fraction of sp³-hybridized carbons (Fsp3) is 0.612. The molecule has 2 saturated heterocycles. The van der Waals surface area contributed by atoms with Crippen LogP contribution in [0.4, 0.5) is 0 Å². The van der Waals surface area contributed by atoms with Gasteiger partial charge in [0.2, 0.25) is 5.88 Å². The number of benzene rings is 3. The molecule has 1 aromatic heterocycles. The number of methoxy groups -OCH3 is 1. The van der Waals surface area contributed by atoms with E-state index in [0.717, 1.165) is 88.8 Å². The number of morpholine rings is 1. The van der Waals surface area contributed by atoms with Gasteiger partial charge in [0.1, 0.15) is 18.3 Å². The second-order valence-electron chi connectivity index (χ2n) is 20.2. The lowest BCUT2D eigenvalue weighted by Gasteiger charge is -2.75. The van der Waals surface area contributed by atoms with Crippen LogP contribution in [0.1, 0.15) is 83.0 Å². The number of piperidine rings is 1. The molecular formula is C49H64N4O6. The number of phenols is 1.